The van der Waals surface area contributed by atoms with Crippen LogP contribution in [0.4, 0.5) is 0 Å². The Kier molecular flexibility index (Phi) is 7.03. The third kappa shape index (κ3) is 4.74. The summed E-state index contributed by atoms with van der Waals surface area (Å²) in [4.78, 5) is 13.5. The first-order valence-corrected chi connectivity index (χ1v) is 13.2. The number of methoxy groups -OCH3 is 1. The zero-order chi connectivity index (χ0) is 25.3. The molecule has 1 saturated carbocycles. The first kappa shape index (κ1) is 24.8. The summed E-state index contributed by atoms with van der Waals surface area (Å²) in [6.07, 6.45) is 7.24. The summed E-state index contributed by atoms with van der Waals surface area (Å²) in [5.41, 5.74) is 0.273. The van der Waals surface area contributed by atoms with Crippen molar-refractivity contribution in [1.82, 2.24) is 14.8 Å². The van der Waals surface area contributed by atoms with Gasteiger partial charge in [0.2, 0.25) is 0 Å². The number of cyclic esters (lactones) is 1. The van der Waals surface area contributed by atoms with Gasteiger partial charge in [-0.15, -0.1) is 10.2 Å². The second-order valence-electron chi connectivity index (χ2n) is 9.30. The van der Waals surface area contributed by atoms with Crippen molar-refractivity contribution in [3.8, 4) is 17.3 Å². The Morgan fingerprint density at radius 3 is 2.75 bits per heavy atom. The van der Waals surface area contributed by atoms with Crippen LogP contribution in [0.15, 0.2) is 56.8 Å². The monoisotopic (exact) mass is 529 g/mol. The maximum absolute atomic E-state index is 13.3. The van der Waals surface area contributed by atoms with Gasteiger partial charge in [-0.05, 0) is 73.2 Å². The minimum atomic E-state index is -0.757. The molecule has 1 aromatic carbocycles. The average molecular weight is 530 g/mol. The van der Waals surface area contributed by atoms with Crippen LogP contribution in [-0.4, -0.2) is 38.6 Å². The van der Waals surface area contributed by atoms with Crippen molar-refractivity contribution in [2.75, 3.05) is 7.11 Å². The summed E-state index contributed by atoms with van der Waals surface area (Å²) in [6.45, 7) is 0. The van der Waals surface area contributed by atoms with Gasteiger partial charge in [0.25, 0.3) is 0 Å². The molecule has 2 aromatic heterocycles. The van der Waals surface area contributed by atoms with E-state index in [2.05, 4.69) is 10.2 Å². The van der Waals surface area contributed by atoms with Gasteiger partial charge in [0, 0.05) is 13.5 Å². The van der Waals surface area contributed by atoms with E-state index in [1.165, 1.54) is 0 Å². The van der Waals surface area contributed by atoms with Crippen molar-refractivity contribution in [3.05, 3.63) is 57.8 Å². The van der Waals surface area contributed by atoms with Crippen LogP contribution in [0.1, 0.15) is 44.1 Å². The molecule has 0 radical (unpaired) electrons. The van der Waals surface area contributed by atoms with Crippen molar-refractivity contribution < 1.29 is 23.8 Å². The fraction of sp³-hybridized carbons (Fsp3) is 0.423. The van der Waals surface area contributed by atoms with Crippen molar-refractivity contribution in [2.24, 2.45) is 13.0 Å². The van der Waals surface area contributed by atoms with E-state index in [1.54, 1.807) is 37.1 Å². The molecule has 8 nitrogen and oxygen atoms in total. The highest BCUT2D eigenvalue weighted by atomic mass is 35.5. The van der Waals surface area contributed by atoms with Crippen molar-refractivity contribution in [2.45, 2.75) is 55.7 Å². The van der Waals surface area contributed by atoms with E-state index in [4.69, 9.17) is 25.5 Å². The SMILES string of the molecule is COc1ccc(CCC2(C3CCCC3)CC(O)=C(Sc3nnc(-c4ccco4)n3C)C(=O)O2)cc1Cl. The molecule has 1 fully saturated rings. The second-order valence-corrected chi connectivity index (χ2v) is 10.7. The minimum Gasteiger partial charge on any atom is -0.511 e. The number of furan rings is 1. The minimum absolute atomic E-state index is 0.0402. The quantitative estimate of drug-likeness (QED) is 0.349. The van der Waals surface area contributed by atoms with Crippen LogP contribution in [0.2, 0.25) is 5.02 Å². The van der Waals surface area contributed by atoms with E-state index in [-0.39, 0.29) is 23.0 Å². The number of hydrogen-bond donors (Lipinski definition) is 1. The fourth-order valence-electron chi connectivity index (χ4n) is 5.21. The molecule has 190 valence electrons. The number of aliphatic hydroxyl groups excluding tert-OH is 1. The molecule has 1 unspecified atom stereocenters. The summed E-state index contributed by atoms with van der Waals surface area (Å²) in [7, 11) is 3.37. The van der Waals surface area contributed by atoms with Gasteiger partial charge >= 0.3 is 5.97 Å². The highest BCUT2D eigenvalue weighted by Gasteiger charge is 2.48. The maximum Gasteiger partial charge on any atom is 0.349 e. The van der Waals surface area contributed by atoms with E-state index in [0.29, 0.717) is 40.4 Å². The largest absolute Gasteiger partial charge is 0.511 e. The standard InChI is InChI=1S/C26H28ClN3O5S/c1-30-23(21-8-5-13-34-21)28-29-25(30)36-22-19(31)15-26(35-24(22)32,17-6-3-4-7-17)12-11-16-9-10-20(33-2)18(27)14-16/h5,8-10,13-14,17,31H,3-4,6-7,11-12,15H2,1-2H3. The fourth-order valence-corrected chi connectivity index (χ4v) is 6.29. The number of esters is 1. The van der Waals surface area contributed by atoms with Crippen molar-refractivity contribution >= 4 is 29.3 Å². The van der Waals surface area contributed by atoms with Crippen molar-refractivity contribution in [1.29, 1.82) is 0 Å². The molecule has 0 amide bonds. The Labute approximate surface area is 218 Å². The third-order valence-electron chi connectivity index (χ3n) is 7.13. The van der Waals surface area contributed by atoms with E-state index in [1.807, 2.05) is 18.2 Å². The van der Waals surface area contributed by atoms with Crippen LogP contribution in [0.3, 0.4) is 0 Å². The number of halogens is 1. The van der Waals surface area contributed by atoms with Crippen LogP contribution >= 0.6 is 23.4 Å². The number of nitrogens with zero attached hydrogens (tertiary/aromatic N) is 3. The number of aromatic nitrogens is 3. The molecule has 0 bridgehead atoms. The van der Waals surface area contributed by atoms with Crippen LogP contribution in [0.5, 0.6) is 5.75 Å². The lowest BCUT2D eigenvalue weighted by Gasteiger charge is -2.41. The number of carbonyl (C=O) groups is 1. The van der Waals surface area contributed by atoms with Crippen LogP contribution in [0, 0.1) is 5.92 Å². The Morgan fingerprint density at radius 1 is 1.28 bits per heavy atom. The molecule has 1 aliphatic carbocycles. The molecule has 1 aliphatic heterocycles. The Hall–Kier alpha value is -2.91. The molecule has 5 rings (SSSR count). The van der Waals surface area contributed by atoms with E-state index in [9.17, 15) is 9.90 Å². The zero-order valence-corrected chi connectivity index (χ0v) is 21.8. The summed E-state index contributed by atoms with van der Waals surface area (Å²) < 4.78 is 18.6. The molecule has 1 atom stereocenters. The summed E-state index contributed by atoms with van der Waals surface area (Å²) in [6, 6.07) is 9.26. The van der Waals surface area contributed by atoms with Crippen LogP contribution in [-0.2, 0) is 23.0 Å². The van der Waals surface area contributed by atoms with E-state index in [0.717, 1.165) is 43.0 Å². The van der Waals surface area contributed by atoms with Crippen molar-refractivity contribution in [3.63, 3.8) is 0 Å². The van der Waals surface area contributed by atoms with Gasteiger partial charge in [-0.25, -0.2) is 4.79 Å². The van der Waals surface area contributed by atoms with E-state index >= 15 is 0 Å². The Balaban J connectivity index is 1.38. The molecule has 3 aromatic rings. The van der Waals surface area contributed by atoms with Gasteiger partial charge in [0.15, 0.2) is 16.7 Å². The van der Waals surface area contributed by atoms with Gasteiger partial charge in [-0.3, -0.25) is 0 Å². The van der Waals surface area contributed by atoms with Gasteiger partial charge < -0.3 is 23.6 Å². The van der Waals surface area contributed by atoms with Gasteiger partial charge in [0.1, 0.15) is 22.0 Å². The molecular formula is C26H28ClN3O5S. The van der Waals surface area contributed by atoms with Gasteiger partial charge in [-0.2, -0.15) is 0 Å². The topological polar surface area (TPSA) is 99.6 Å². The lowest BCUT2D eigenvalue weighted by Crippen LogP contribution is -2.45. The number of ether oxygens (including phenoxy) is 2. The predicted molar refractivity (Wildman–Crippen MR) is 136 cm³/mol. The summed E-state index contributed by atoms with van der Waals surface area (Å²) in [5, 5.41) is 20.5. The number of aliphatic hydroxyl groups is 1. The second kappa shape index (κ2) is 10.2. The first-order valence-electron chi connectivity index (χ1n) is 12.0. The first-order chi connectivity index (χ1) is 17.4. The maximum atomic E-state index is 13.3. The molecule has 0 spiro atoms. The van der Waals surface area contributed by atoms with Crippen LogP contribution < -0.4 is 4.74 Å². The average Bonchev–Trinajstić information content (AvgIpc) is 3.63. The molecule has 10 heteroatoms. The number of carbonyl (C=O) groups excluding carboxylic acids is 1. The number of hydrogen-bond acceptors (Lipinski definition) is 8. The zero-order valence-electron chi connectivity index (χ0n) is 20.2. The highest BCUT2D eigenvalue weighted by Crippen LogP contribution is 2.48. The highest BCUT2D eigenvalue weighted by molar-refractivity contribution is 8.03. The smallest absolute Gasteiger partial charge is 0.349 e. The molecule has 2 aliphatic rings. The Bertz CT molecular complexity index is 1280. The number of aryl methyl sites for hydroxylation is 1. The number of benzene rings is 1. The number of thioether (sulfide) groups is 1. The third-order valence-corrected chi connectivity index (χ3v) is 8.57. The van der Waals surface area contributed by atoms with Crippen LogP contribution in [0.25, 0.3) is 11.6 Å². The predicted octanol–water partition coefficient (Wildman–Crippen LogP) is 6.11. The van der Waals surface area contributed by atoms with Gasteiger partial charge in [-0.1, -0.05) is 30.5 Å². The van der Waals surface area contributed by atoms with Gasteiger partial charge in [0.05, 0.1) is 18.4 Å². The Morgan fingerprint density at radius 2 is 2.08 bits per heavy atom. The number of rotatable bonds is 8. The molecule has 36 heavy (non-hydrogen) atoms. The molecule has 3 heterocycles. The molecular weight excluding hydrogens is 502 g/mol. The molecule has 1 N–H and O–H groups in total. The van der Waals surface area contributed by atoms with E-state index < -0.39 is 11.6 Å². The molecule has 0 saturated heterocycles. The summed E-state index contributed by atoms with van der Waals surface area (Å²) >= 11 is 7.38. The lowest BCUT2D eigenvalue weighted by atomic mass is 9.77. The summed E-state index contributed by atoms with van der Waals surface area (Å²) in [5.74, 6) is 1.44. The normalized spacial score (nSPS) is 20.7. The lowest BCUT2D eigenvalue weighted by molar-refractivity contribution is -0.166.